The molecule has 2 heterocycles. The van der Waals surface area contributed by atoms with Gasteiger partial charge in [-0.1, -0.05) is 0 Å². The first-order valence-electron chi connectivity index (χ1n) is 4.58. The highest BCUT2D eigenvalue weighted by molar-refractivity contribution is 7.71. The van der Waals surface area contributed by atoms with Gasteiger partial charge in [-0.3, -0.25) is 0 Å². The molecular weight excluding hydrogens is 184 g/mol. The molecule has 0 amide bonds. The fraction of sp³-hybridized carbons (Fsp3) is 0.667. The Morgan fingerprint density at radius 2 is 2.46 bits per heavy atom. The summed E-state index contributed by atoms with van der Waals surface area (Å²) in [5.74, 6) is 0. The topological polar surface area (TPSA) is 29.9 Å². The lowest BCUT2D eigenvalue weighted by molar-refractivity contribution is 0.107. The quantitative estimate of drug-likeness (QED) is 0.701. The third-order valence-electron chi connectivity index (χ3n) is 2.67. The average Bonchev–Trinajstić information content (AvgIpc) is 2.60. The number of ether oxygens (including phenoxy) is 1. The summed E-state index contributed by atoms with van der Waals surface area (Å²) in [6.07, 6.45) is 3.29. The fourth-order valence-electron chi connectivity index (χ4n) is 1.94. The first-order valence-corrected chi connectivity index (χ1v) is 4.99. The van der Waals surface area contributed by atoms with Crippen LogP contribution in [0.15, 0.2) is 6.20 Å². The summed E-state index contributed by atoms with van der Waals surface area (Å²) in [4.78, 5) is 3.06. The predicted molar refractivity (Wildman–Crippen MR) is 53.4 cm³/mol. The van der Waals surface area contributed by atoms with Crippen LogP contribution in [0, 0.1) is 11.7 Å². The lowest BCUT2D eigenvalue weighted by Crippen LogP contribution is -2.17. The Morgan fingerprint density at radius 1 is 1.69 bits per heavy atom. The zero-order valence-corrected chi connectivity index (χ0v) is 8.73. The van der Waals surface area contributed by atoms with Crippen molar-refractivity contribution in [2.75, 3.05) is 6.61 Å². The highest BCUT2D eigenvalue weighted by Crippen LogP contribution is 2.27. The van der Waals surface area contributed by atoms with Gasteiger partial charge in [0.05, 0.1) is 12.1 Å². The minimum atomic E-state index is 0.279. The van der Waals surface area contributed by atoms with E-state index in [-0.39, 0.29) is 6.10 Å². The standard InChI is InChI=1S/C9H14N2OS/c1-6-5-10-9(13)11(6)8-3-4-12-7(8)2/h5,7-8H,3-4H2,1-2H3,(H,10,13). The van der Waals surface area contributed by atoms with Gasteiger partial charge in [0.2, 0.25) is 0 Å². The van der Waals surface area contributed by atoms with Crippen LogP contribution < -0.4 is 0 Å². The maximum Gasteiger partial charge on any atom is 0.177 e. The number of nitrogens with zero attached hydrogens (tertiary/aromatic N) is 1. The van der Waals surface area contributed by atoms with Crippen molar-refractivity contribution in [1.82, 2.24) is 9.55 Å². The number of aryl methyl sites for hydroxylation is 1. The number of H-pyrrole nitrogens is 1. The lowest BCUT2D eigenvalue weighted by atomic mass is 10.1. The first-order chi connectivity index (χ1) is 6.20. The molecule has 0 aromatic carbocycles. The van der Waals surface area contributed by atoms with Crippen LogP contribution in [0.1, 0.15) is 25.1 Å². The lowest BCUT2D eigenvalue weighted by Gasteiger charge is -2.17. The molecule has 0 saturated carbocycles. The number of aromatic amines is 1. The molecule has 1 aliphatic heterocycles. The van der Waals surface area contributed by atoms with Crippen molar-refractivity contribution in [1.29, 1.82) is 0 Å². The minimum absolute atomic E-state index is 0.279. The molecule has 2 unspecified atom stereocenters. The largest absolute Gasteiger partial charge is 0.376 e. The third kappa shape index (κ3) is 1.44. The van der Waals surface area contributed by atoms with E-state index >= 15 is 0 Å². The van der Waals surface area contributed by atoms with E-state index in [1.807, 2.05) is 6.20 Å². The maximum atomic E-state index is 5.52. The molecule has 2 atom stereocenters. The molecule has 1 aromatic rings. The van der Waals surface area contributed by atoms with Crippen molar-refractivity contribution in [2.45, 2.75) is 32.4 Å². The number of aromatic nitrogens is 2. The Bertz CT molecular complexity index is 355. The van der Waals surface area contributed by atoms with Crippen LogP contribution in [-0.2, 0) is 4.74 Å². The van der Waals surface area contributed by atoms with Gasteiger partial charge in [0.15, 0.2) is 4.77 Å². The van der Waals surface area contributed by atoms with Crippen molar-refractivity contribution >= 4 is 12.2 Å². The Balaban J connectivity index is 2.39. The fourth-order valence-corrected chi connectivity index (χ4v) is 2.28. The van der Waals surface area contributed by atoms with Gasteiger partial charge < -0.3 is 14.3 Å². The van der Waals surface area contributed by atoms with E-state index in [9.17, 15) is 0 Å². The van der Waals surface area contributed by atoms with Crippen LogP contribution in [0.5, 0.6) is 0 Å². The minimum Gasteiger partial charge on any atom is -0.376 e. The van der Waals surface area contributed by atoms with Crippen molar-refractivity contribution in [3.05, 3.63) is 16.7 Å². The second kappa shape index (κ2) is 3.27. The van der Waals surface area contributed by atoms with Crippen molar-refractivity contribution in [3.63, 3.8) is 0 Å². The summed E-state index contributed by atoms with van der Waals surface area (Å²) in [7, 11) is 0. The van der Waals surface area contributed by atoms with Gasteiger partial charge in [-0.2, -0.15) is 0 Å². The maximum absolute atomic E-state index is 5.52. The molecule has 72 valence electrons. The van der Waals surface area contributed by atoms with Gasteiger partial charge in [0.25, 0.3) is 0 Å². The van der Waals surface area contributed by atoms with Gasteiger partial charge in [0.1, 0.15) is 0 Å². The molecule has 3 nitrogen and oxygen atoms in total. The predicted octanol–water partition coefficient (Wildman–Crippen LogP) is 2.20. The van der Waals surface area contributed by atoms with Crippen LogP contribution in [0.4, 0.5) is 0 Å². The second-order valence-electron chi connectivity index (χ2n) is 3.54. The summed E-state index contributed by atoms with van der Waals surface area (Å²) < 4.78 is 8.48. The van der Waals surface area contributed by atoms with Gasteiger partial charge in [-0.15, -0.1) is 0 Å². The van der Waals surface area contributed by atoms with Crippen molar-refractivity contribution in [2.24, 2.45) is 0 Å². The molecule has 0 radical (unpaired) electrons. The van der Waals surface area contributed by atoms with E-state index in [1.165, 1.54) is 5.69 Å². The molecule has 13 heavy (non-hydrogen) atoms. The monoisotopic (exact) mass is 198 g/mol. The number of hydrogen-bond donors (Lipinski definition) is 1. The summed E-state index contributed by atoms with van der Waals surface area (Å²) in [6, 6.07) is 0.416. The van der Waals surface area contributed by atoms with Crippen LogP contribution in [0.25, 0.3) is 0 Å². The molecule has 1 aliphatic rings. The van der Waals surface area contributed by atoms with E-state index < -0.39 is 0 Å². The van der Waals surface area contributed by atoms with Crippen LogP contribution in [0.3, 0.4) is 0 Å². The second-order valence-corrected chi connectivity index (χ2v) is 3.92. The highest BCUT2D eigenvalue weighted by Gasteiger charge is 2.26. The van der Waals surface area contributed by atoms with E-state index in [2.05, 4.69) is 23.4 Å². The van der Waals surface area contributed by atoms with Crippen LogP contribution in [0.2, 0.25) is 0 Å². The normalized spacial score (nSPS) is 28.2. The van der Waals surface area contributed by atoms with Gasteiger partial charge in [-0.25, -0.2) is 0 Å². The number of hydrogen-bond acceptors (Lipinski definition) is 2. The first kappa shape index (κ1) is 8.97. The molecule has 2 rings (SSSR count). The zero-order chi connectivity index (χ0) is 9.42. The number of imidazole rings is 1. The smallest absolute Gasteiger partial charge is 0.177 e. The SMILES string of the molecule is Cc1c[nH]c(=S)n1C1CCOC1C. The number of nitrogens with one attached hydrogen (secondary N) is 1. The summed E-state index contributed by atoms with van der Waals surface area (Å²) >= 11 is 5.21. The van der Waals surface area contributed by atoms with Gasteiger partial charge >= 0.3 is 0 Å². The van der Waals surface area contributed by atoms with Crippen molar-refractivity contribution < 1.29 is 4.74 Å². The summed E-state index contributed by atoms with van der Waals surface area (Å²) in [6.45, 7) is 5.02. The van der Waals surface area contributed by atoms with Crippen LogP contribution >= 0.6 is 12.2 Å². The Morgan fingerprint density at radius 3 is 2.92 bits per heavy atom. The van der Waals surface area contributed by atoms with Crippen LogP contribution in [-0.4, -0.2) is 22.3 Å². The van der Waals surface area contributed by atoms with E-state index in [1.54, 1.807) is 0 Å². The average molecular weight is 198 g/mol. The Kier molecular flexibility index (Phi) is 2.26. The van der Waals surface area contributed by atoms with E-state index in [0.717, 1.165) is 17.8 Å². The van der Waals surface area contributed by atoms with Crippen molar-refractivity contribution in [3.8, 4) is 0 Å². The molecular formula is C9H14N2OS. The molecule has 1 N–H and O–H groups in total. The molecule has 1 saturated heterocycles. The van der Waals surface area contributed by atoms with Gasteiger partial charge in [0, 0.05) is 18.5 Å². The number of rotatable bonds is 1. The molecule has 1 aromatic heterocycles. The molecule has 4 heteroatoms. The zero-order valence-electron chi connectivity index (χ0n) is 7.91. The molecule has 1 fully saturated rings. The third-order valence-corrected chi connectivity index (χ3v) is 2.99. The summed E-state index contributed by atoms with van der Waals surface area (Å²) in [5, 5.41) is 0. The Labute approximate surface area is 82.7 Å². The summed E-state index contributed by atoms with van der Waals surface area (Å²) in [5.41, 5.74) is 1.19. The molecule has 0 aliphatic carbocycles. The highest BCUT2D eigenvalue weighted by atomic mass is 32.1. The Hall–Kier alpha value is -0.610. The van der Waals surface area contributed by atoms with Gasteiger partial charge in [-0.05, 0) is 32.5 Å². The van der Waals surface area contributed by atoms with E-state index in [0.29, 0.717) is 6.04 Å². The van der Waals surface area contributed by atoms with E-state index in [4.69, 9.17) is 17.0 Å². The molecule has 0 bridgehead atoms. The molecule has 0 spiro atoms.